The molecule has 2 aromatic carbocycles. The van der Waals surface area contributed by atoms with Gasteiger partial charge < -0.3 is 14.8 Å². The van der Waals surface area contributed by atoms with Crippen molar-refractivity contribution in [2.75, 3.05) is 14.2 Å². The van der Waals surface area contributed by atoms with Crippen molar-refractivity contribution >= 4 is 29.3 Å². The molecule has 0 radical (unpaired) electrons. The molecule has 0 heterocycles. The minimum absolute atomic E-state index is 0.241. The van der Waals surface area contributed by atoms with Gasteiger partial charge in [-0.2, -0.15) is 0 Å². The number of carbonyl (C=O) groups is 3. The van der Waals surface area contributed by atoms with Crippen LogP contribution < -0.4 is 25.6 Å². The van der Waals surface area contributed by atoms with Crippen LogP contribution in [0.1, 0.15) is 34.6 Å². The molecule has 0 saturated heterocycles. The van der Waals surface area contributed by atoms with E-state index in [0.717, 1.165) is 0 Å². The average Bonchev–Trinajstić information content (AvgIpc) is 2.74. The summed E-state index contributed by atoms with van der Waals surface area (Å²) in [5.41, 5.74) is 5.19. The van der Waals surface area contributed by atoms with E-state index in [1.165, 1.54) is 26.4 Å². The lowest BCUT2D eigenvalue weighted by atomic mass is 10.0. The molecule has 0 aliphatic carbocycles. The molecule has 3 N–H and O–H groups in total. The molecule has 3 amide bonds. The van der Waals surface area contributed by atoms with Crippen molar-refractivity contribution in [3.8, 4) is 11.5 Å². The van der Waals surface area contributed by atoms with E-state index in [4.69, 9.17) is 21.1 Å². The van der Waals surface area contributed by atoms with Crippen LogP contribution >= 0.6 is 11.6 Å². The van der Waals surface area contributed by atoms with Gasteiger partial charge in [0.25, 0.3) is 17.7 Å². The molecule has 8 nitrogen and oxygen atoms in total. The number of methoxy groups -OCH3 is 2. The third kappa shape index (κ3) is 5.64. The van der Waals surface area contributed by atoms with Gasteiger partial charge in [0.2, 0.25) is 0 Å². The van der Waals surface area contributed by atoms with Gasteiger partial charge in [0, 0.05) is 5.56 Å². The fourth-order valence-corrected chi connectivity index (χ4v) is 2.87. The highest BCUT2D eigenvalue weighted by Crippen LogP contribution is 2.27. The molecule has 0 fully saturated rings. The van der Waals surface area contributed by atoms with Gasteiger partial charge in [0.15, 0.2) is 11.5 Å². The summed E-state index contributed by atoms with van der Waals surface area (Å²) in [5, 5.41) is 2.92. The predicted molar refractivity (Wildman–Crippen MR) is 113 cm³/mol. The molecule has 2 rings (SSSR count). The van der Waals surface area contributed by atoms with Crippen LogP contribution in [-0.4, -0.2) is 38.0 Å². The Balaban J connectivity index is 2.04. The topological polar surface area (TPSA) is 106 Å². The molecule has 0 aliphatic heterocycles. The Morgan fingerprint density at radius 2 is 1.57 bits per heavy atom. The van der Waals surface area contributed by atoms with Crippen molar-refractivity contribution in [2.24, 2.45) is 5.92 Å². The van der Waals surface area contributed by atoms with Crippen LogP contribution in [0.2, 0.25) is 5.02 Å². The molecular weight excluding hydrogens is 410 g/mol. The third-order valence-electron chi connectivity index (χ3n) is 4.30. The van der Waals surface area contributed by atoms with Gasteiger partial charge in [-0.1, -0.05) is 37.6 Å². The maximum atomic E-state index is 12.6. The highest BCUT2D eigenvalue weighted by Gasteiger charge is 2.26. The Morgan fingerprint density at radius 3 is 2.17 bits per heavy atom. The number of benzene rings is 2. The van der Waals surface area contributed by atoms with E-state index >= 15 is 0 Å². The molecule has 0 saturated carbocycles. The Bertz CT molecular complexity index is 933. The molecule has 2 aromatic rings. The van der Waals surface area contributed by atoms with Crippen LogP contribution in [0.5, 0.6) is 11.5 Å². The lowest BCUT2D eigenvalue weighted by Gasteiger charge is -2.22. The van der Waals surface area contributed by atoms with Crippen molar-refractivity contribution in [1.82, 2.24) is 16.2 Å². The second-order valence-corrected chi connectivity index (χ2v) is 7.10. The lowest BCUT2D eigenvalue weighted by molar-refractivity contribution is -0.124. The molecular formula is C21H24ClN3O5. The second kappa shape index (κ2) is 10.5. The maximum Gasteiger partial charge on any atom is 0.269 e. The smallest absolute Gasteiger partial charge is 0.269 e. The van der Waals surface area contributed by atoms with Gasteiger partial charge in [-0.3, -0.25) is 25.2 Å². The van der Waals surface area contributed by atoms with Crippen LogP contribution in [0.3, 0.4) is 0 Å². The molecule has 160 valence electrons. The zero-order valence-corrected chi connectivity index (χ0v) is 17.9. The first-order valence-electron chi connectivity index (χ1n) is 9.16. The Hall–Kier alpha value is -3.26. The van der Waals surface area contributed by atoms with Gasteiger partial charge >= 0.3 is 0 Å². The number of ether oxygens (including phenoxy) is 2. The molecule has 0 bridgehead atoms. The zero-order chi connectivity index (χ0) is 22.3. The summed E-state index contributed by atoms with van der Waals surface area (Å²) in [6, 6.07) is 10.2. The number of nitrogens with one attached hydrogen (secondary N) is 3. The van der Waals surface area contributed by atoms with Gasteiger partial charge in [-0.05, 0) is 36.2 Å². The quantitative estimate of drug-likeness (QED) is 0.582. The predicted octanol–water partition coefficient (Wildman–Crippen LogP) is 2.57. The molecule has 0 spiro atoms. The monoisotopic (exact) mass is 433 g/mol. The first-order valence-corrected chi connectivity index (χ1v) is 9.53. The van der Waals surface area contributed by atoms with Gasteiger partial charge in [0.05, 0.1) is 24.8 Å². The Morgan fingerprint density at radius 1 is 0.900 bits per heavy atom. The van der Waals surface area contributed by atoms with Crippen molar-refractivity contribution in [2.45, 2.75) is 19.9 Å². The van der Waals surface area contributed by atoms with E-state index in [1.807, 2.05) is 0 Å². The van der Waals surface area contributed by atoms with E-state index in [0.29, 0.717) is 11.5 Å². The van der Waals surface area contributed by atoms with Gasteiger partial charge in [-0.15, -0.1) is 0 Å². The number of hydrogen-bond acceptors (Lipinski definition) is 5. The first-order chi connectivity index (χ1) is 14.3. The fraction of sp³-hybridized carbons (Fsp3) is 0.286. The molecule has 0 aromatic heterocycles. The maximum absolute atomic E-state index is 12.6. The third-order valence-corrected chi connectivity index (χ3v) is 4.63. The minimum atomic E-state index is -0.889. The van der Waals surface area contributed by atoms with Gasteiger partial charge in [-0.25, -0.2) is 0 Å². The van der Waals surface area contributed by atoms with Crippen molar-refractivity contribution < 1.29 is 23.9 Å². The second-order valence-electron chi connectivity index (χ2n) is 6.69. The number of rotatable bonds is 7. The van der Waals surface area contributed by atoms with Gasteiger partial charge in [0.1, 0.15) is 6.04 Å². The lowest BCUT2D eigenvalue weighted by Crippen LogP contribution is -2.54. The number of halogens is 1. The first kappa shape index (κ1) is 23.0. The highest BCUT2D eigenvalue weighted by atomic mass is 35.5. The molecule has 1 atom stereocenters. The van der Waals surface area contributed by atoms with Crippen molar-refractivity contribution in [3.05, 3.63) is 58.6 Å². The Kier molecular flexibility index (Phi) is 8.06. The number of amides is 3. The van der Waals surface area contributed by atoms with Crippen LogP contribution in [-0.2, 0) is 4.79 Å². The summed E-state index contributed by atoms with van der Waals surface area (Å²) in [6.45, 7) is 3.54. The number of hydrazine groups is 1. The average molecular weight is 434 g/mol. The van der Waals surface area contributed by atoms with Crippen LogP contribution in [0, 0.1) is 5.92 Å². The summed E-state index contributed by atoms with van der Waals surface area (Å²) in [5.74, 6) is -0.998. The summed E-state index contributed by atoms with van der Waals surface area (Å²) in [4.78, 5) is 37.4. The summed E-state index contributed by atoms with van der Waals surface area (Å²) < 4.78 is 10.3. The van der Waals surface area contributed by atoms with E-state index in [1.54, 1.807) is 44.2 Å². The summed E-state index contributed by atoms with van der Waals surface area (Å²) in [7, 11) is 2.94. The molecule has 0 unspecified atom stereocenters. The Labute approximate surface area is 179 Å². The van der Waals surface area contributed by atoms with Crippen LogP contribution in [0.25, 0.3) is 0 Å². The van der Waals surface area contributed by atoms with E-state index in [-0.39, 0.29) is 22.1 Å². The molecule has 0 aliphatic rings. The van der Waals surface area contributed by atoms with Crippen LogP contribution in [0.15, 0.2) is 42.5 Å². The summed E-state index contributed by atoms with van der Waals surface area (Å²) >= 11 is 6.04. The van der Waals surface area contributed by atoms with Crippen LogP contribution in [0.4, 0.5) is 0 Å². The zero-order valence-electron chi connectivity index (χ0n) is 17.1. The van der Waals surface area contributed by atoms with Crippen molar-refractivity contribution in [1.29, 1.82) is 0 Å². The van der Waals surface area contributed by atoms with E-state index in [2.05, 4.69) is 16.2 Å². The normalized spacial score (nSPS) is 11.4. The highest BCUT2D eigenvalue weighted by molar-refractivity contribution is 6.33. The van der Waals surface area contributed by atoms with Crippen molar-refractivity contribution in [3.63, 3.8) is 0 Å². The standard InChI is InChI=1S/C21H24ClN3O5/c1-12(2)18(23-20(27)14-7-5-6-8-15(14)22)21(28)25-24-19(26)13-9-10-16(29-3)17(11-13)30-4/h5-12,18H,1-4H3,(H,23,27)(H,24,26)(H,25,28)/t18-/m0/s1. The van der Waals surface area contributed by atoms with E-state index in [9.17, 15) is 14.4 Å². The summed E-state index contributed by atoms with van der Waals surface area (Å²) in [6.07, 6.45) is 0. The fourth-order valence-electron chi connectivity index (χ4n) is 2.65. The SMILES string of the molecule is COc1ccc(C(=O)NNC(=O)[C@@H](NC(=O)c2ccccc2Cl)C(C)C)cc1OC. The number of carbonyl (C=O) groups excluding carboxylic acids is 3. The number of hydrogen-bond donors (Lipinski definition) is 3. The largest absolute Gasteiger partial charge is 0.493 e. The molecule has 30 heavy (non-hydrogen) atoms. The van der Waals surface area contributed by atoms with E-state index < -0.39 is 23.8 Å². The molecule has 9 heteroatoms. The minimum Gasteiger partial charge on any atom is -0.493 e.